The number of nitrogens with zero attached hydrogens (tertiary/aromatic N) is 1. The Balaban J connectivity index is 2.04. The molecule has 2 atom stereocenters. The van der Waals surface area contributed by atoms with E-state index in [0.29, 0.717) is 13.1 Å². The summed E-state index contributed by atoms with van der Waals surface area (Å²) in [4.78, 5) is 2.35. The van der Waals surface area contributed by atoms with E-state index in [1.54, 1.807) is 18.2 Å². The highest BCUT2D eigenvalue weighted by Crippen LogP contribution is 2.22. The standard InChI is InChI=1S/C15H25N3O3S/c1-12(17-10-15(19)7-8-18(3)11-15)13-5-4-6-14(9-13)22(20,21)16-2/h4-6,9,12,16-17,19H,7-8,10-11H2,1-3H3. The van der Waals surface area contributed by atoms with Crippen molar-refractivity contribution in [2.24, 2.45) is 0 Å². The molecule has 7 heteroatoms. The molecule has 0 spiro atoms. The molecule has 1 aliphatic rings. The van der Waals surface area contributed by atoms with Crippen LogP contribution in [0, 0.1) is 0 Å². The summed E-state index contributed by atoms with van der Waals surface area (Å²) in [6, 6.07) is 6.81. The minimum atomic E-state index is -3.44. The van der Waals surface area contributed by atoms with Gasteiger partial charge in [-0.05, 0) is 45.1 Å². The fraction of sp³-hybridized carbons (Fsp3) is 0.600. The van der Waals surface area contributed by atoms with Gasteiger partial charge in [-0.25, -0.2) is 13.1 Å². The number of benzene rings is 1. The van der Waals surface area contributed by atoms with Crippen molar-refractivity contribution in [2.45, 2.75) is 29.9 Å². The molecule has 0 aromatic heterocycles. The van der Waals surface area contributed by atoms with Crippen LogP contribution in [0.2, 0.25) is 0 Å². The van der Waals surface area contributed by atoms with Gasteiger partial charge >= 0.3 is 0 Å². The fourth-order valence-electron chi connectivity index (χ4n) is 2.73. The van der Waals surface area contributed by atoms with Gasteiger partial charge in [0.15, 0.2) is 0 Å². The minimum Gasteiger partial charge on any atom is -0.387 e. The van der Waals surface area contributed by atoms with Crippen molar-refractivity contribution in [3.8, 4) is 0 Å². The zero-order valence-electron chi connectivity index (χ0n) is 13.3. The van der Waals surface area contributed by atoms with Crippen molar-refractivity contribution in [2.75, 3.05) is 33.7 Å². The van der Waals surface area contributed by atoms with Crippen LogP contribution in [0.4, 0.5) is 0 Å². The third-order valence-electron chi connectivity index (χ3n) is 4.20. The van der Waals surface area contributed by atoms with Gasteiger partial charge in [0.2, 0.25) is 10.0 Å². The number of aliphatic hydroxyl groups is 1. The average Bonchev–Trinajstić information content (AvgIpc) is 2.85. The van der Waals surface area contributed by atoms with Gasteiger partial charge in [0, 0.05) is 25.7 Å². The predicted octanol–water partition coefficient (Wildman–Crippen LogP) is 0.312. The van der Waals surface area contributed by atoms with Gasteiger partial charge in [-0.3, -0.25) is 0 Å². The Kier molecular flexibility index (Phi) is 5.24. The normalized spacial score (nSPS) is 24.5. The van der Waals surface area contributed by atoms with Crippen LogP contribution >= 0.6 is 0 Å². The van der Waals surface area contributed by atoms with Crippen LogP contribution in [0.15, 0.2) is 29.2 Å². The first kappa shape index (κ1) is 17.4. The van der Waals surface area contributed by atoms with E-state index in [0.717, 1.165) is 18.5 Å². The average molecular weight is 327 g/mol. The number of sulfonamides is 1. The molecule has 1 saturated heterocycles. The fourth-order valence-corrected chi connectivity index (χ4v) is 3.52. The quantitative estimate of drug-likeness (QED) is 0.701. The summed E-state index contributed by atoms with van der Waals surface area (Å²) < 4.78 is 26.0. The summed E-state index contributed by atoms with van der Waals surface area (Å²) in [6.45, 7) is 4.00. The first-order valence-corrected chi connectivity index (χ1v) is 8.92. The highest BCUT2D eigenvalue weighted by molar-refractivity contribution is 7.89. The minimum absolute atomic E-state index is 0.0399. The highest BCUT2D eigenvalue weighted by atomic mass is 32.2. The molecule has 1 aliphatic heterocycles. The molecule has 0 bridgehead atoms. The van der Waals surface area contributed by atoms with Gasteiger partial charge in [-0.15, -0.1) is 0 Å². The Morgan fingerprint density at radius 2 is 2.18 bits per heavy atom. The topological polar surface area (TPSA) is 81.7 Å². The van der Waals surface area contributed by atoms with E-state index in [2.05, 4.69) is 14.9 Å². The molecule has 2 rings (SSSR count). The molecule has 0 amide bonds. The largest absolute Gasteiger partial charge is 0.387 e. The third-order valence-corrected chi connectivity index (χ3v) is 5.61. The lowest BCUT2D eigenvalue weighted by molar-refractivity contribution is 0.0494. The molecule has 2 unspecified atom stereocenters. The summed E-state index contributed by atoms with van der Waals surface area (Å²) in [7, 11) is -0.0459. The number of likely N-dealkylation sites (N-methyl/N-ethyl adjacent to an activating group) is 1. The summed E-state index contributed by atoms with van der Waals surface area (Å²) in [5, 5.41) is 13.8. The van der Waals surface area contributed by atoms with Crippen LogP contribution in [-0.4, -0.2) is 57.8 Å². The maximum atomic E-state index is 11.9. The van der Waals surface area contributed by atoms with E-state index in [1.165, 1.54) is 7.05 Å². The van der Waals surface area contributed by atoms with Crippen molar-refractivity contribution in [3.63, 3.8) is 0 Å². The van der Waals surface area contributed by atoms with Crippen LogP contribution in [0.5, 0.6) is 0 Å². The SMILES string of the molecule is CNS(=O)(=O)c1cccc(C(C)NCC2(O)CCN(C)C2)c1. The third kappa shape index (κ3) is 4.05. The summed E-state index contributed by atoms with van der Waals surface area (Å²) in [5.74, 6) is 0. The summed E-state index contributed by atoms with van der Waals surface area (Å²) >= 11 is 0. The van der Waals surface area contributed by atoms with Gasteiger partial charge in [-0.1, -0.05) is 12.1 Å². The second-order valence-electron chi connectivity index (χ2n) is 6.09. The van der Waals surface area contributed by atoms with Crippen molar-refractivity contribution in [1.29, 1.82) is 0 Å². The molecular weight excluding hydrogens is 302 g/mol. The molecule has 6 nitrogen and oxygen atoms in total. The number of hydrogen-bond acceptors (Lipinski definition) is 5. The van der Waals surface area contributed by atoms with E-state index in [9.17, 15) is 13.5 Å². The molecule has 3 N–H and O–H groups in total. The molecule has 1 aromatic rings. The highest BCUT2D eigenvalue weighted by Gasteiger charge is 2.34. The first-order chi connectivity index (χ1) is 10.3. The van der Waals surface area contributed by atoms with E-state index < -0.39 is 15.6 Å². The number of β-amino-alcohol motifs (C(OH)–C–C–N with tert-alkyl or cyclic N) is 1. The van der Waals surface area contributed by atoms with Crippen molar-refractivity contribution in [3.05, 3.63) is 29.8 Å². The van der Waals surface area contributed by atoms with Crippen molar-refractivity contribution >= 4 is 10.0 Å². The molecular formula is C15H25N3O3S. The van der Waals surface area contributed by atoms with Crippen molar-refractivity contribution in [1.82, 2.24) is 14.9 Å². The Morgan fingerprint density at radius 1 is 1.45 bits per heavy atom. The lowest BCUT2D eigenvalue weighted by Gasteiger charge is -2.25. The predicted molar refractivity (Wildman–Crippen MR) is 86.2 cm³/mol. The van der Waals surface area contributed by atoms with E-state index in [-0.39, 0.29) is 10.9 Å². The maximum absolute atomic E-state index is 11.9. The van der Waals surface area contributed by atoms with Crippen molar-refractivity contribution < 1.29 is 13.5 Å². The number of nitrogens with one attached hydrogen (secondary N) is 2. The molecule has 0 radical (unpaired) electrons. The molecule has 0 aliphatic carbocycles. The monoisotopic (exact) mass is 327 g/mol. The second kappa shape index (κ2) is 6.64. The van der Waals surface area contributed by atoms with Crippen LogP contribution in [0.1, 0.15) is 24.9 Å². The van der Waals surface area contributed by atoms with Gasteiger partial charge in [0.25, 0.3) is 0 Å². The number of likely N-dealkylation sites (tertiary alicyclic amines) is 1. The van der Waals surface area contributed by atoms with E-state index in [4.69, 9.17) is 0 Å². The van der Waals surface area contributed by atoms with Gasteiger partial charge in [0.05, 0.1) is 10.5 Å². The maximum Gasteiger partial charge on any atom is 0.240 e. The lowest BCUT2D eigenvalue weighted by atomic mass is 10.0. The van der Waals surface area contributed by atoms with Gasteiger partial charge in [-0.2, -0.15) is 0 Å². The second-order valence-corrected chi connectivity index (χ2v) is 7.98. The Hall–Kier alpha value is -0.990. The van der Waals surface area contributed by atoms with Crippen LogP contribution < -0.4 is 10.0 Å². The Morgan fingerprint density at radius 3 is 2.77 bits per heavy atom. The smallest absolute Gasteiger partial charge is 0.240 e. The van der Waals surface area contributed by atoms with Gasteiger partial charge in [0.1, 0.15) is 0 Å². The Bertz CT molecular complexity index is 620. The first-order valence-electron chi connectivity index (χ1n) is 7.44. The van der Waals surface area contributed by atoms with Crippen LogP contribution in [-0.2, 0) is 10.0 Å². The Labute approximate surface area is 132 Å². The zero-order chi connectivity index (χ0) is 16.4. The molecule has 22 heavy (non-hydrogen) atoms. The molecule has 0 saturated carbocycles. The van der Waals surface area contributed by atoms with Gasteiger partial charge < -0.3 is 15.3 Å². The van der Waals surface area contributed by atoms with Crippen LogP contribution in [0.25, 0.3) is 0 Å². The number of hydrogen-bond donors (Lipinski definition) is 3. The zero-order valence-corrected chi connectivity index (χ0v) is 14.2. The van der Waals surface area contributed by atoms with E-state index >= 15 is 0 Å². The molecule has 124 valence electrons. The summed E-state index contributed by atoms with van der Waals surface area (Å²) in [6.07, 6.45) is 0.747. The van der Waals surface area contributed by atoms with E-state index in [1.807, 2.05) is 20.0 Å². The lowest BCUT2D eigenvalue weighted by Crippen LogP contribution is -2.43. The molecule has 1 fully saturated rings. The molecule has 1 aromatic carbocycles. The summed E-state index contributed by atoms with van der Waals surface area (Å²) in [5.41, 5.74) is 0.170. The van der Waals surface area contributed by atoms with Crippen LogP contribution in [0.3, 0.4) is 0 Å². The number of rotatable bonds is 6. The molecule has 1 heterocycles.